The van der Waals surface area contributed by atoms with Crippen LogP contribution in [0.15, 0.2) is 30.8 Å². The first kappa shape index (κ1) is 12.3. The standard InChI is InChI=1S/C13H17ClO/c1-3-11-6-4-5-7-12(11)8-9-13(14)10-15-2/h3-7,13H,1,8-10H2,2H3. The Balaban J connectivity index is 2.53. The normalized spacial score (nSPS) is 12.4. The van der Waals surface area contributed by atoms with Crippen molar-refractivity contribution in [2.24, 2.45) is 0 Å². The molecule has 1 atom stereocenters. The predicted molar refractivity (Wildman–Crippen MR) is 66.4 cm³/mol. The lowest BCUT2D eigenvalue weighted by Crippen LogP contribution is -2.08. The van der Waals surface area contributed by atoms with Gasteiger partial charge in [-0.2, -0.15) is 0 Å². The first-order chi connectivity index (χ1) is 7.27. The van der Waals surface area contributed by atoms with E-state index in [1.54, 1.807) is 7.11 Å². The van der Waals surface area contributed by atoms with Crippen molar-refractivity contribution in [3.8, 4) is 0 Å². The number of hydrogen-bond donors (Lipinski definition) is 0. The maximum atomic E-state index is 6.08. The molecule has 15 heavy (non-hydrogen) atoms. The monoisotopic (exact) mass is 224 g/mol. The second-order valence-corrected chi connectivity index (χ2v) is 4.11. The van der Waals surface area contributed by atoms with E-state index in [-0.39, 0.29) is 5.38 Å². The highest BCUT2D eigenvalue weighted by Crippen LogP contribution is 2.15. The first-order valence-electron chi connectivity index (χ1n) is 5.11. The van der Waals surface area contributed by atoms with Crippen molar-refractivity contribution in [2.45, 2.75) is 18.2 Å². The molecule has 0 aromatic heterocycles. The van der Waals surface area contributed by atoms with Gasteiger partial charge in [0.2, 0.25) is 0 Å². The van der Waals surface area contributed by atoms with E-state index in [9.17, 15) is 0 Å². The molecule has 0 N–H and O–H groups in total. The van der Waals surface area contributed by atoms with Gasteiger partial charge in [-0.15, -0.1) is 11.6 Å². The summed E-state index contributed by atoms with van der Waals surface area (Å²) in [5.74, 6) is 0. The number of aryl methyl sites for hydroxylation is 1. The molecular formula is C13H17ClO. The molecule has 0 aliphatic heterocycles. The summed E-state index contributed by atoms with van der Waals surface area (Å²) in [7, 11) is 1.67. The van der Waals surface area contributed by atoms with Crippen molar-refractivity contribution in [3.05, 3.63) is 42.0 Å². The molecule has 1 rings (SSSR count). The average Bonchev–Trinajstić information content (AvgIpc) is 2.27. The predicted octanol–water partition coefficient (Wildman–Crippen LogP) is 3.52. The highest BCUT2D eigenvalue weighted by Gasteiger charge is 2.05. The molecule has 0 heterocycles. The van der Waals surface area contributed by atoms with Crippen molar-refractivity contribution >= 4 is 17.7 Å². The zero-order chi connectivity index (χ0) is 11.1. The molecule has 0 spiro atoms. The van der Waals surface area contributed by atoms with Crippen LogP contribution in [0.2, 0.25) is 0 Å². The molecule has 1 nitrogen and oxygen atoms in total. The topological polar surface area (TPSA) is 9.23 Å². The highest BCUT2D eigenvalue weighted by molar-refractivity contribution is 6.20. The summed E-state index contributed by atoms with van der Waals surface area (Å²) in [4.78, 5) is 0. The minimum atomic E-state index is 0.0906. The Bertz CT molecular complexity index is 309. The molecule has 0 amide bonds. The summed E-state index contributed by atoms with van der Waals surface area (Å²) in [6.07, 6.45) is 3.79. The van der Waals surface area contributed by atoms with Crippen molar-refractivity contribution in [1.82, 2.24) is 0 Å². The van der Waals surface area contributed by atoms with Crippen LogP contribution >= 0.6 is 11.6 Å². The Morgan fingerprint density at radius 3 is 2.87 bits per heavy atom. The summed E-state index contributed by atoms with van der Waals surface area (Å²) in [5, 5.41) is 0.0906. The van der Waals surface area contributed by atoms with Gasteiger partial charge >= 0.3 is 0 Å². The summed E-state index contributed by atoms with van der Waals surface area (Å²) >= 11 is 6.08. The smallest absolute Gasteiger partial charge is 0.0626 e. The third-order valence-electron chi connectivity index (χ3n) is 2.35. The Morgan fingerprint density at radius 2 is 2.20 bits per heavy atom. The largest absolute Gasteiger partial charge is 0.383 e. The molecule has 0 bridgehead atoms. The molecule has 2 heteroatoms. The van der Waals surface area contributed by atoms with Gasteiger partial charge in [0, 0.05) is 7.11 Å². The molecule has 1 aromatic carbocycles. The number of halogens is 1. The van der Waals surface area contributed by atoms with Crippen molar-refractivity contribution in [1.29, 1.82) is 0 Å². The number of alkyl halides is 1. The molecule has 0 aliphatic rings. The van der Waals surface area contributed by atoms with E-state index >= 15 is 0 Å². The summed E-state index contributed by atoms with van der Waals surface area (Å²) in [5.41, 5.74) is 2.49. The Hall–Kier alpha value is -0.790. The molecular weight excluding hydrogens is 208 g/mol. The van der Waals surface area contributed by atoms with Crippen LogP contribution in [-0.4, -0.2) is 19.1 Å². The van der Waals surface area contributed by atoms with Crippen LogP contribution in [0.3, 0.4) is 0 Å². The van der Waals surface area contributed by atoms with Crippen LogP contribution in [0.25, 0.3) is 6.08 Å². The number of methoxy groups -OCH3 is 1. The van der Waals surface area contributed by atoms with Crippen LogP contribution < -0.4 is 0 Å². The minimum absolute atomic E-state index is 0.0906. The fraction of sp³-hybridized carbons (Fsp3) is 0.385. The molecule has 0 aliphatic carbocycles. The Labute approximate surface area is 96.7 Å². The van der Waals surface area contributed by atoms with Crippen LogP contribution in [-0.2, 0) is 11.2 Å². The lowest BCUT2D eigenvalue weighted by atomic mass is 10.0. The van der Waals surface area contributed by atoms with Gasteiger partial charge in [-0.05, 0) is 24.0 Å². The fourth-order valence-electron chi connectivity index (χ4n) is 1.54. The van der Waals surface area contributed by atoms with Crippen LogP contribution in [0, 0.1) is 0 Å². The molecule has 82 valence electrons. The van der Waals surface area contributed by atoms with Crippen molar-refractivity contribution < 1.29 is 4.74 Å². The van der Waals surface area contributed by atoms with Gasteiger partial charge in [0.1, 0.15) is 0 Å². The zero-order valence-corrected chi connectivity index (χ0v) is 9.83. The number of ether oxygens (including phenoxy) is 1. The maximum Gasteiger partial charge on any atom is 0.0626 e. The van der Waals surface area contributed by atoms with E-state index in [0.717, 1.165) is 12.8 Å². The third-order valence-corrected chi connectivity index (χ3v) is 2.69. The molecule has 0 radical (unpaired) electrons. The van der Waals surface area contributed by atoms with Gasteiger partial charge in [0.25, 0.3) is 0 Å². The maximum absolute atomic E-state index is 6.08. The first-order valence-corrected chi connectivity index (χ1v) is 5.55. The highest BCUT2D eigenvalue weighted by atomic mass is 35.5. The van der Waals surface area contributed by atoms with E-state index in [1.165, 1.54) is 11.1 Å². The van der Waals surface area contributed by atoms with E-state index in [2.05, 4.69) is 18.7 Å². The van der Waals surface area contributed by atoms with Gasteiger partial charge in [-0.3, -0.25) is 0 Å². The van der Waals surface area contributed by atoms with Crippen molar-refractivity contribution in [3.63, 3.8) is 0 Å². The second kappa shape index (κ2) is 6.65. The SMILES string of the molecule is C=Cc1ccccc1CCC(Cl)COC. The summed E-state index contributed by atoms with van der Waals surface area (Å²) in [6, 6.07) is 8.26. The summed E-state index contributed by atoms with van der Waals surface area (Å²) < 4.78 is 5.00. The Kier molecular flexibility index (Phi) is 5.44. The van der Waals surface area contributed by atoms with Crippen LogP contribution in [0.5, 0.6) is 0 Å². The van der Waals surface area contributed by atoms with Gasteiger partial charge in [0.05, 0.1) is 12.0 Å². The lowest BCUT2D eigenvalue weighted by molar-refractivity contribution is 0.195. The third kappa shape index (κ3) is 4.06. The van der Waals surface area contributed by atoms with E-state index < -0.39 is 0 Å². The van der Waals surface area contributed by atoms with Gasteiger partial charge in [0.15, 0.2) is 0 Å². The fourth-order valence-corrected chi connectivity index (χ4v) is 1.77. The number of benzene rings is 1. The number of hydrogen-bond acceptors (Lipinski definition) is 1. The van der Waals surface area contributed by atoms with Gasteiger partial charge in [-0.25, -0.2) is 0 Å². The van der Waals surface area contributed by atoms with E-state index in [4.69, 9.17) is 16.3 Å². The number of rotatable bonds is 6. The van der Waals surface area contributed by atoms with Crippen LogP contribution in [0.1, 0.15) is 17.5 Å². The summed E-state index contributed by atoms with van der Waals surface area (Å²) in [6.45, 7) is 4.41. The second-order valence-electron chi connectivity index (χ2n) is 3.49. The minimum Gasteiger partial charge on any atom is -0.383 e. The van der Waals surface area contributed by atoms with E-state index in [1.807, 2.05) is 18.2 Å². The molecule has 1 aromatic rings. The van der Waals surface area contributed by atoms with Gasteiger partial charge < -0.3 is 4.74 Å². The molecule has 0 fully saturated rings. The molecule has 0 saturated heterocycles. The average molecular weight is 225 g/mol. The van der Waals surface area contributed by atoms with Crippen molar-refractivity contribution in [2.75, 3.05) is 13.7 Å². The molecule has 0 saturated carbocycles. The lowest BCUT2D eigenvalue weighted by Gasteiger charge is -2.09. The van der Waals surface area contributed by atoms with E-state index in [0.29, 0.717) is 6.61 Å². The quantitative estimate of drug-likeness (QED) is 0.672. The van der Waals surface area contributed by atoms with Gasteiger partial charge in [-0.1, -0.05) is 36.9 Å². The van der Waals surface area contributed by atoms with Crippen LogP contribution in [0.4, 0.5) is 0 Å². The Morgan fingerprint density at radius 1 is 1.47 bits per heavy atom. The molecule has 1 unspecified atom stereocenters. The zero-order valence-electron chi connectivity index (χ0n) is 9.08.